The lowest BCUT2D eigenvalue weighted by atomic mass is 9.61. The second kappa shape index (κ2) is 11.1. The predicted molar refractivity (Wildman–Crippen MR) is 155 cm³/mol. The largest absolute Gasteiger partial charge is 0.389 e. The van der Waals surface area contributed by atoms with Gasteiger partial charge in [0.05, 0.1) is 11.5 Å². The van der Waals surface area contributed by atoms with Crippen molar-refractivity contribution in [1.29, 1.82) is 0 Å². The first-order valence-corrected chi connectivity index (χ1v) is 13.5. The molecule has 3 aromatic carbocycles. The van der Waals surface area contributed by atoms with Crippen LogP contribution in [0.3, 0.4) is 0 Å². The highest BCUT2D eigenvalue weighted by Gasteiger charge is 2.56. The molecule has 0 heterocycles. The van der Waals surface area contributed by atoms with Crippen molar-refractivity contribution in [2.45, 2.75) is 65.9 Å². The SMILES string of the molecule is CCc1ccc(C2C(C(=O)Nc3ccc(C)cc3C)C(=O)CC(C)(O)C2C(=O)Nc2ccc(C)cc2C)cc1. The van der Waals surface area contributed by atoms with E-state index in [9.17, 15) is 19.5 Å². The smallest absolute Gasteiger partial charge is 0.235 e. The van der Waals surface area contributed by atoms with Gasteiger partial charge in [-0.2, -0.15) is 0 Å². The molecule has 0 spiro atoms. The van der Waals surface area contributed by atoms with Gasteiger partial charge in [0, 0.05) is 23.7 Å². The van der Waals surface area contributed by atoms with Gasteiger partial charge in [0.15, 0.2) is 0 Å². The molecule has 6 nitrogen and oxygen atoms in total. The molecular formula is C33H38N2O4. The summed E-state index contributed by atoms with van der Waals surface area (Å²) in [6.07, 6.45) is 0.529. The van der Waals surface area contributed by atoms with E-state index in [0.717, 1.165) is 34.2 Å². The molecule has 39 heavy (non-hydrogen) atoms. The van der Waals surface area contributed by atoms with Gasteiger partial charge in [0.1, 0.15) is 11.7 Å². The number of carbonyl (C=O) groups excluding carboxylic acids is 3. The van der Waals surface area contributed by atoms with Crippen LogP contribution in [-0.2, 0) is 20.8 Å². The van der Waals surface area contributed by atoms with E-state index < -0.39 is 35.2 Å². The maximum atomic E-state index is 13.9. The molecular weight excluding hydrogens is 488 g/mol. The van der Waals surface area contributed by atoms with E-state index in [2.05, 4.69) is 10.6 Å². The molecule has 1 saturated carbocycles. The zero-order chi connectivity index (χ0) is 28.5. The topological polar surface area (TPSA) is 95.5 Å². The zero-order valence-electron chi connectivity index (χ0n) is 23.6. The monoisotopic (exact) mass is 526 g/mol. The lowest BCUT2D eigenvalue weighted by molar-refractivity contribution is -0.150. The molecule has 4 unspecified atom stereocenters. The van der Waals surface area contributed by atoms with Crippen LogP contribution in [0.5, 0.6) is 0 Å². The summed E-state index contributed by atoms with van der Waals surface area (Å²) in [5, 5.41) is 17.5. The van der Waals surface area contributed by atoms with Crippen LogP contribution in [0.25, 0.3) is 0 Å². The highest BCUT2D eigenvalue weighted by atomic mass is 16.3. The van der Waals surface area contributed by atoms with Gasteiger partial charge >= 0.3 is 0 Å². The molecule has 0 radical (unpaired) electrons. The molecule has 3 N–H and O–H groups in total. The minimum atomic E-state index is -1.65. The van der Waals surface area contributed by atoms with E-state index in [0.29, 0.717) is 16.9 Å². The number of Topliss-reactive ketones (excluding diaryl/α,β-unsaturated/α-hetero) is 1. The first-order chi connectivity index (χ1) is 18.4. The predicted octanol–water partition coefficient (Wildman–Crippen LogP) is 5.80. The van der Waals surface area contributed by atoms with Crippen LogP contribution in [0, 0.1) is 39.5 Å². The fraction of sp³-hybridized carbons (Fsp3) is 0.364. The number of carbonyl (C=O) groups is 3. The van der Waals surface area contributed by atoms with Gasteiger partial charge in [0.25, 0.3) is 0 Å². The van der Waals surface area contributed by atoms with Crippen LogP contribution in [0.4, 0.5) is 11.4 Å². The molecule has 204 valence electrons. The molecule has 1 aliphatic carbocycles. The summed E-state index contributed by atoms with van der Waals surface area (Å²) in [4.78, 5) is 41.3. The third-order valence-electron chi connectivity index (χ3n) is 7.88. The van der Waals surface area contributed by atoms with E-state index in [1.807, 2.05) is 95.3 Å². The molecule has 0 aliphatic heterocycles. The summed E-state index contributed by atoms with van der Waals surface area (Å²) in [6, 6.07) is 19.0. The van der Waals surface area contributed by atoms with E-state index in [-0.39, 0.29) is 12.2 Å². The summed E-state index contributed by atoms with van der Waals surface area (Å²) in [5.74, 6) is -4.33. The van der Waals surface area contributed by atoms with Crippen LogP contribution >= 0.6 is 0 Å². The summed E-state index contributed by atoms with van der Waals surface area (Å²) in [7, 11) is 0. The second-order valence-electron chi connectivity index (χ2n) is 11.2. The summed E-state index contributed by atoms with van der Waals surface area (Å²) in [5.41, 5.74) is 5.27. The van der Waals surface area contributed by atoms with Crippen molar-refractivity contribution >= 4 is 29.0 Å². The summed E-state index contributed by atoms with van der Waals surface area (Å²) >= 11 is 0. The Morgan fingerprint density at radius 1 is 0.846 bits per heavy atom. The highest BCUT2D eigenvalue weighted by Crippen LogP contribution is 2.47. The van der Waals surface area contributed by atoms with E-state index in [1.165, 1.54) is 6.92 Å². The molecule has 4 rings (SSSR count). The quantitative estimate of drug-likeness (QED) is 0.354. The Hall–Kier alpha value is -3.77. The van der Waals surface area contributed by atoms with Crippen molar-refractivity contribution in [3.63, 3.8) is 0 Å². The first kappa shape index (κ1) is 28.2. The second-order valence-corrected chi connectivity index (χ2v) is 11.2. The van der Waals surface area contributed by atoms with Gasteiger partial charge in [-0.15, -0.1) is 0 Å². The van der Waals surface area contributed by atoms with E-state index in [4.69, 9.17) is 0 Å². The van der Waals surface area contributed by atoms with Crippen LogP contribution in [-0.4, -0.2) is 28.3 Å². The van der Waals surface area contributed by atoms with Crippen molar-refractivity contribution in [3.8, 4) is 0 Å². The Morgan fingerprint density at radius 3 is 1.85 bits per heavy atom. The molecule has 0 saturated heterocycles. The Labute approximate surface area is 230 Å². The van der Waals surface area contributed by atoms with Gasteiger partial charge in [-0.25, -0.2) is 0 Å². The number of hydrogen-bond acceptors (Lipinski definition) is 4. The summed E-state index contributed by atoms with van der Waals surface area (Å²) < 4.78 is 0. The molecule has 1 aliphatic rings. The van der Waals surface area contributed by atoms with Crippen molar-refractivity contribution in [2.75, 3.05) is 10.6 Å². The number of nitrogens with one attached hydrogen (secondary N) is 2. The average Bonchev–Trinajstić information content (AvgIpc) is 2.86. The molecule has 4 atom stereocenters. The number of aliphatic hydroxyl groups is 1. The van der Waals surface area contributed by atoms with Gasteiger partial charge in [-0.05, 0) is 75.4 Å². The minimum Gasteiger partial charge on any atom is -0.389 e. The van der Waals surface area contributed by atoms with Gasteiger partial charge in [-0.3, -0.25) is 14.4 Å². The first-order valence-electron chi connectivity index (χ1n) is 13.5. The number of rotatable bonds is 6. The number of ketones is 1. The number of benzene rings is 3. The molecule has 6 heteroatoms. The molecule has 0 aromatic heterocycles. The third-order valence-corrected chi connectivity index (χ3v) is 7.88. The van der Waals surface area contributed by atoms with Crippen molar-refractivity contribution in [2.24, 2.45) is 11.8 Å². The van der Waals surface area contributed by atoms with Crippen molar-refractivity contribution < 1.29 is 19.5 Å². The number of anilines is 2. The van der Waals surface area contributed by atoms with E-state index in [1.54, 1.807) is 0 Å². The van der Waals surface area contributed by atoms with Crippen LogP contribution in [0.2, 0.25) is 0 Å². The minimum absolute atomic E-state index is 0.299. The number of amides is 2. The average molecular weight is 527 g/mol. The van der Waals surface area contributed by atoms with E-state index >= 15 is 0 Å². The standard InChI is InChI=1S/C33H38N2O4/c1-7-23-10-12-24(13-11-23)28-29(31(37)34-25-14-8-19(2)16-21(25)4)27(36)18-33(6,39)30(28)32(38)35-26-15-9-20(3)17-22(26)5/h8-17,28-30,39H,7,18H2,1-6H3,(H,34,37)(H,35,38). The van der Waals surface area contributed by atoms with Crippen LogP contribution < -0.4 is 10.6 Å². The molecule has 0 bridgehead atoms. The van der Waals surface area contributed by atoms with Crippen LogP contribution in [0.1, 0.15) is 59.6 Å². The maximum Gasteiger partial charge on any atom is 0.235 e. The Balaban J connectivity index is 1.78. The van der Waals surface area contributed by atoms with Gasteiger partial charge < -0.3 is 15.7 Å². The molecule has 2 amide bonds. The Kier molecular flexibility index (Phi) is 8.07. The van der Waals surface area contributed by atoms with Gasteiger partial charge in [-0.1, -0.05) is 66.6 Å². The van der Waals surface area contributed by atoms with Gasteiger partial charge in [0.2, 0.25) is 11.8 Å². The summed E-state index contributed by atoms with van der Waals surface area (Å²) in [6.45, 7) is 11.3. The normalized spacial score (nSPS) is 22.8. The number of hydrogen-bond donors (Lipinski definition) is 3. The Bertz CT molecular complexity index is 1410. The lowest BCUT2D eigenvalue weighted by Crippen LogP contribution is -2.56. The molecule has 3 aromatic rings. The highest BCUT2D eigenvalue weighted by molar-refractivity contribution is 6.10. The van der Waals surface area contributed by atoms with Crippen LogP contribution in [0.15, 0.2) is 60.7 Å². The Morgan fingerprint density at radius 2 is 1.36 bits per heavy atom. The lowest BCUT2D eigenvalue weighted by Gasteiger charge is -2.44. The third kappa shape index (κ3) is 5.96. The maximum absolute atomic E-state index is 13.9. The number of aryl methyl sites for hydroxylation is 5. The van der Waals surface area contributed by atoms with Crippen molar-refractivity contribution in [1.82, 2.24) is 0 Å². The zero-order valence-corrected chi connectivity index (χ0v) is 23.6. The fourth-order valence-corrected chi connectivity index (χ4v) is 5.80. The van der Waals surface area contributed by atoms with Crippen molar-refractivity contribution in [3.05, 3.63) is 94.0 Å². The molecule has 1 fully saturated rings. The fourth-order valence-electron chi connectivity index (χ4n) is 5.80.